The van der Waals surface area contributed by atoms with E-state index < -0.39 is 21.3 Å². The van der Waals surface area contributed by atoms with Gasteiger partial charge in [0.05, 0.1) is 22.0 Å². The fourth-order valence-electron chi connectivity index (χ4n) is 1.91. The zero-order valence-corrected chi connectivity index (χ0v) is 10.7. The van der Waals surface area contributed by atoms with Crippen molar-refractivity contribution in [1.82, 2.24) is 9.97 Å². The molecule has 2 aromatic heterocycles. The molecule has 0 atom stereocenters. The molecule has 3 rings (SSSR count). The van der Waals surface area contributed by atoms with Crippen molar-refractivity contribution < 1.29 is 14.3 Å². The lowest BCUT2D eigenvalue weighted by molar-refractivity contribution is -0.401. The van der Waals surface area contributed by atoms with E-state index in [9.17, 15) is 25.0 Å². The highest BCUT2D eigenvalue weighted by Gasteiger charge is 2.17. The first-order chi connectivity index (χ1) is 10.5. The second-order valence-electron chi connectivity index (χ2n) is 4.27. The van der Waals surface area contributed by atoms with E-state index in [-0.39, 0.29) is 22.7 Å². The number of fused-ring (bicyclic) bond motifs is 1. The summed E-state index contributed by atoms with van der Waals surface area (Å²) >= 11 is 0. The summed E-state index contributed by atoms with van der Waals surface area (Å²) in [5.41, 5.74) is -0.527. The third kappa shape index (κ3) is 2.18. The SMILES string of the molecule is O=c1[nH]c2cc([N+](=O)[O-])ccc2nc1-c1ccc([N+](=O)[O-])o1. The number of nitrogens with one attached hydrogen (secondary N) is 1. The Hall–Kier alpha value is -3.56. The van der Waals surface area contributed by atoms with Gasteiger partial charge in [-0.05, 0) is 12.1 Å². The van der Waals surface area contributed by atoms with Gasteiger partial charge < -0.3 is 9.40 Å². The topological polar surface area (TPSA) is 145 Å². The van der Waals surface area contributed by atoms with E-state index >= 15 is 0 Å². The number of nitro benzene ring substituents is 1. The molecule has 22 heavy (non-hydrogen) atoms. The van der Waals surface area contributed by atoms with Crippen molar-refractivity contribution in [1.29, 1.82) is 0 Å². The third-order valence-electron chi connectivity index (χ3n) is 2.89. The summed E-state index contributed by atoms with van der Waals surface area (Å²) in [6, 6.07) is 6.15. The Bertz CT molecular complexity index is 973. The van der Waals surface area contributed by atoms with Gasteiger partial charge in [-0.3, -0.25) is 25.0 Å². The highest BCUT2D eigenvalue weighted by Crippen LogP contribution is 2.24. The molecule has 0 saturated carbocycles. The Balaban J connectivity index is 2.16. The summed E-state index contributed by atoms with van der Waals surface area (Å²) < 4.78 is 4.93. The molecule has 0 unspecified atom stereocenters. The minimum Gasteiger partial charge on any atom is -0.399 e. The molecule has 0 saturated heterocycles. The maximum atomic E-state index is 12.0. The molecule has 2 heterocycles. The van der Waals surface area contributed by atoms with Crippen molar-refractivity contribution in [3.8, 4) is 11.5 Å². The van der Waals surface area contributed by atoms with Crippen LogP contribution in [0.1, 0.15) is 0 Å². The molecule has 10 heteroatoms. The van der Waals surface area contributed by atoms with Crippen LogP contribution in [0.3, 0.4) is 0 Å². The van der Waals surface area contributed by atoms with Gasteiger partial charge in [0, 0.05) is 12.1 Å². The second-order valence-corrected chi connectivity index (χ2v) is 4.27. The third-order valence-corrected chi connectivity index (χ3v) is 2.89. The zero-order valence-electron chi connectivity index (χ0n) is 10.7. The van der Waals surface area contributed by atoms with Gasteiger partial charge in [0.2, 0.25) is 0 Å². The van der Waals surface area contributed by atoms with Crippen LogP contribution in [-0.4, -0.2) is 19.8 Å². The Morgan fingerprint density at radius 3 is 2.50 bits per heavy atom. The maximum Gasteiger partial charge on any atom is 0.433 e. The predicted molar refractivity (Wildman–Crippen MR) is 73.4 cm³/mol. The van der Waals surface area contributed by atoms with Gasteiger partial charge >= 0.3 is 5.88 Å². The number of nitrogens with zero attached hydrogens (tertiary/aromatic N) is 3. The van der Waals surface area contributed by atoms with Crippen LogP contribution in [0.2, 0.25) is 0 Å². The van der Waals surface area contributed by atoms with Gasteiger partial charge in [-0.25, -0.2) is 4.98 Å². The van der Waals surface area contributed by atoms with Crippen LogP contribution in [0.25, 0.3) is 22.5 Å². The van der Waals surface area contributed by atoms with Gasteiger partial charge in [-0.15, -0.1) is 0 Å². The number of H-pyrrole nitrogens is 1. The second kappa shape index (κ2) is 4.77. The largest absolute Gasteiger partial charge is 0.433 e. The summed E-state index contributed by atoms with van der Waals surface area (Å²) in [5, 5.41) is 21.3. The van der Waals surface area contributed by atoms with Crippen LogP contribution in [0.4, 0.5) is 11.6 Å². The first-order valence-electron chi connectivity index (χ1n) is 5.89. The molecular formula is C12H6N4O6. The maximum absolute atomic E-state index is 12.0. The van der Waals surface area contributed by atoms with E-state index in [1.807, 2.05) is 0 Å². The molecule has 0 bridgehead atoms. The molecule has 1 N–H and O–H groups in total. The molecule has 110 valence electrons. The Morgan fingerprint density at radius 1 is 1.09 bits per heavy atom. The molecule has 10 nitrogen and oxygen atoms in total. The van der Waals surface area contributed by atoms with Crippen molar-refractivity contribution >= 4 is 22.6 Å². The normalized spacial score (nSPS) is 10.7. The molecule has 0 aliphatic heterocycles. The molecule has 0 spiro atoms. The number of hydrogen-bond acceptors (Lipinski definition) is 7. The first-order valence-corrected chi connectivity index (χ1v) is 5.89. The van der Waals surface area contributed by atoms with Crippen LogP contribution >= 0.6 is 0 Å². The molecule has 0 radical (unpaired) electrons. The van der Waals surface area contributed by atoms with E-state index in [1.54, 1.807) is 0 Å². The van der Waals surface area contributed by atoms with Crippen molar-refractivity contribution in [3.63, 3.8) is 0 Å². The smallest absolute Gasteiger partial charge is 0.399 e. The molecule has 0 fully saturated rings. The van der Waals surface area contributed by atoms with E-state index in [4.69, 9.17) is 4.42 Å². The lowest BCUT2D eigenvalue weighted by Crippen LogP contribution is -2.11. The number of non-ortho nitro benzene ring substituents is 1. The summed E-state index contributed by atoms with van der Waals surface area (Å²) in [6.45, 7) is 0. The predicted octanol–water partition coefficient (Wildman–Crippen LogP) is 2.00. The summed E-state index contributed by atoms with van der Waals surface area (Å²) in [6.07, 6.45) is 0. The van der Waals surface area contributed by atoms with Crippen LogP contribution in [0.15, 0.2) is 39.5 Å². The zero-order chi connectivity index (χ0) is 15.9. The monoisotopic (exact) mass is 302 g/mol. The number of aromatic nitrogens is 2. The average Bonchev–Trinajstić information content (AvgIpc) is 2.95. The van der Waals surface area contributed by atoms with Gasteiger partial charge in [-0.1, -0.05) is 0 Å². The number of rotatable bonds is 3. The molecule has 0 aliphatic carbocycles. The van der Waals surface area contributed by atoms with Crippen molar-refractivity contribution in [2.24, 2.45) is 0 Å². The molecule has 0 aliphatic rings. The minimum absolute atomic E-state index is 0.0618. The fraction of sp³-hybridized carbons (Fsp3) is 0. The fourth-order valence-corrected chi connectivity index (χ4v) is 1.91. The molecule has 0 amide bonds. The Kier molecular flexibility index (Phi) is 2.91. The summed E-state index contributed by atoms with van der Waals surface area (Å²) in [7, 11) is 0. The van der Waals surface area contributed by atoms with Gasteiger partial charge in [0.25, 0.3) is 11.2 Å². The van der Waals surface area contributed by atoms with Crippen LogP contribution in [0.5, 0.6) is 0 Å². The van der Waals surface area contributed by atoms with Crippen molar-refractivity contribution in [2.75, 3.05) is 0 Å². The van der Waals surface area contributed by atoms with E-state index in [0.29, 0.717) is 5.52 Å². The lowest BCUT2D eigenvalue weighted by Gasteiger charge is -2.00. The molecule has 3 aromatic rings. The van der Waals surface area contributed by atoms with Gasteiger partial charge in [0.15, 0.2) is 11.5 Å². The number of hydrogen-bond donors (Lipinski definition) is 1. The van der Waals surface area contributed by atoms with Crippen molar-refractivity contribution in [3.05, 3.63) is 60.9 Å². The van der Waals surface area contributed by atoms with E-state index in [1.165, 1.54) is 24.3 Å². The van der Waals surface area contributed by atoms with E-state index in [0.717, 1.165) is 6.07 Å². The number of benzene rings is 1. The summed E-state index contributed by atoms with van der Waals surface area (Å²) in [5.74, 6) is -0.576. The summed E-state index contributed by atoms with van der Waals surface area (Å²) in [4.78, 5) is 38.4. The van der Waals surface area contributed by atoms with Crippen LogP contribution in [0, 0.1) is 20.2 Å². The van der Waals surface area contributed by atoms with Crippen molar-refractivity contribution in [2.45, 2.75) is 0 Å². The van der Waals surface area contributed by atoms with Gasteiger partial charge in [0.1, 0.15) is 4.92 Å². The van der Waals surface area contributed by atoms with Gasteiger partial charge in [-0.2, -0.15) is 0 Å². The quantitative estimate of drug-likeness (QED) is 0.575. The highest BCUT2D eigenvalue weighted by molar-refractivity contribution is 5.78. The Labute approximate surface area is 120 Å². The number of nitro groups is 2. The highest BCUT2D eigenvalue weighted by atomic mass is 16.6. The average molecular weight is 302 g/mol. The lowest BCUT2D eigenvalue weighted by atomic mass is 10.2. The van der Waals surface area contributed by atoms with Crippen LogP contribution < -0.4 is 5.56 Å². The standard InChI is InChI=1S/C12H6N4O6/c17-12-11(9-3-4-10(22-9)16(20)21)13-7-2-1-6(15(18)19)5-8(7)14-12/h1-5H,(H,14,17). The molecular weight excluding hydrogens is 296 g/mol. The van der Waals surface area contributed by atoms with E-state index in [2.05, 4.69) is 9.97 Å². The minimum atomic E-state index is -0.734. The van der Waals surface area contributed by atoms with Crippen LogP contribution in [-0.2, 0) is 0 Å². The number of aromatic amines is 1. The molecule has 1 aromatic carbocycles. The first kappa shape index (κ1) is 13.4. The Morgan fingerprint density at radius 2 is 1.86 bits per heavy atom. The number of furan rings is 1.